The molecule has 2 N–H and O–H groups in total. The number of hydrogen-bond acceptors (Lipinski definition) is 5. The van der Waals surface area contributed by atoms with E-state index in [0.29, 0.717) is 11.5 Å². The van der Waals surface area contributed by atoms with Gasteiger partial charge in [-0.05, 0) is 41.8 Å². The lowest BCUT2D eigenvalue weighted by molar-refractivity contribution is -0.123. The van der Waals surface area contributed by atoms with Crippen LogP contribution < -0.4 is 10.6 Å². The Morgan fingerprint density at radius 1 is 1.00 bits per heavy atom. The van der Waals surface area contributed by atoms with E-state index in [1.165, 1.54) is 7.05 Å². The summed E-state index contributed by atoms with van der Waals surface area (Å²) in [6.07, 6.45) is 5.20. The van der Waals surface area contributed by atoms with Gasteiger partial charge in [-0.3, -0.25) is 19.6 Å². The molecule has 7 heteroatoms. The summed E-state index contributed by atoms with van der Waals surface area (Å²) in [6.45, 7) is 3.73. The Labute approximate surface area is 163 Å². The van der Waals surface area contributed by atoms with Gasteiger partial charge in [-0.25, -0.2) is 0 Å². The summed E-state index contributed by atoms with van der Waals surface area (Å²) in [4.78, 5) is 32.8. The maximum atomic E-state index is 12.5. The fourth-order valence-corrected chi connectivity index (χ4v) is 2.76. The summed E-state index contributed by atoms with van der Waals surface area (Å²) >= 11 is 0. The third kappa shape index (κ3) is 4.25. The van der Waals surface area contributed by atoms with Crippen LogP contribution in [0.5, 0.6) is 0 Å². The van der Waals surface area contributed by atoms with Crippen LogP contribution >= 0.6 is 0 Å². The number of carbonyl (C=O) groups is 2. The van der Waals surface area contributed by atoms with Gasteiger partial charge in [0.25, 0.3) is 5.91 Å². The predicted octanol–water partition coefficient (Wildman–Crippen LogP) is 2.90. The number of nitrogens with one attached hydrogen (secondary N) is 2. The van der Waals surface area contributed by atoms with Crippen LogP contribution in [0.1, 0.15) is 24.4 Å². The number of rotatable bonds is 6. The highest BCUT2D eigenvalue weighted by atomic mass is 16.4. The Hall–Kier alpha value is -3.48. The highest BCUT2D eigenvalue weighted by Crippen LogP contribution is 2.24. The highest BCUT2D eigenvalue weighted by Gasteiger charge is 2.25. The van der Waals surface area contributed by atoms with Crippen molar-refractivity contribution >= 4 is 11.8 Å². The lowest BCUT2D eigenvalue weighted by Crippen LogP contribution is -2.48. The Balaban J connectivity index is 1.74. The molecule has 1 atom stereocenters. The third-order valence-electron chi connectivity index (χ3n) is 4.34. The average molecular weight is 378 g/mol. The normalized spacial score (nSPS) is 11.9. The molecule has 3 heterocycles. The number of nitrogens with zero attached hydrogens (tertiary/aromatic N) is 2. The maximum Gasteiger partial charge on any atom is 0.287 e. The van der Waals surface area contributed by atoms with Crippen LogP contribution in [0.2, 0.25) is 0 Å². The summed E-state index contributed by atoms with van der Waals surface area (Å²) in [5.74, 6) is -0.136. The Morgan fingerprint density at radius 3 is 2.36 bits per heavy atom. The molecule has 28 heavy (non-hydrogen) atoms. The third-order valence-corrected chi connectivity index (χ3v) is 4.34. The molecule has 0 aromatic carbocycles. The van der Waals surface area contributed by atoms with E-state index in [1.807, 2.05) is 38.1 Å². The number of aromatic nitrogens is 2. The van der Waals surface area contributed by atoms with Crippen molar-refractivity contribution in [1.82, 2.24) is 20.6 Å². The van der Waals surface area contributed by atoms with Crippen molar-refractivity contribution in [2.45, 2.75) is 19.9 Å². The van der Waals surface area contributed by atoms with Crippen LogP contribution in [0.15, 0.2) is 59.4 Å². The van der Waals surface area contributed by atoms with Gasteiger partial charge in [0.2, 0.25) is 5.91 Å². The van der Waals surface area contributed by atoms with Crippen LogP contribution in [-0.4, -0.2) is 34.9 Å². The van der Waals surface area contributed by atoms with Crippen molar-refractivity contribution in [3.63, 3.8) is 0 Å². The molecule has 0 spiro atoms. The second kappa shape index (κ2) is 8.47. The first kappa shape index (κ1) is 19.3. The van der Waals surface area contributed by atoms with Gasteiger partial charge in [-0.15, -0.1) is 0 Å². The first-order chi connectivity index (χ1) is 13.5. The molecule has 0 bridgehead atoms. The largest absolute Gasteiger partial charge is 0.449 e. The molecule has 0 saturated carbocycles. The van der Waals surface area contributed by atoms with E-state index in [0.717, 1.165) is 11.1 Å². The SMILES string of the molecule is CNC(=O)C(NC(=O)c1ccc(-c2ccc(-c3ccncc3)cn2)o1)C(C)C. The summed E-state index contributed by atoms with van der Waals surface area (Å²) < 4.78 is 5.65. The predicted molar refractivity (Wildman–Crippen MR) is 105 cm³/mol. The smallest absolute Gasteiger partial charge is 0.287 e. The van der Waals surface area contributed by atoms with Crippen molar-refractivity contribution in [3.05, 3.63) is 60.7 Å². The Morgan fingerprint density at radius 2 is 1.75 bits per heavy atom. The summed E-state index contributed by atoms with van der Waals surface area (Å²) in [5.41, 5.74) is 2.59. The molecule has 0 aliphatic carbocycles. The second-order valence-corrected chi connectivity index (χ2v) is 6.64. The van der Waals surface area contributed by atoms with E-state index in [9.17, 15) is 9.59 Å². The minimum absolute atomic E-state index is 0.0549. The number of pyridine rings is 2. The van der Waals surface area contributed by atoms with Gasteiger partial charge in [0.15, 0.2) is 11.5 Å². The number of carbonyl (C=O) groups excluding carboxylic acids is 2. The molecule has 3 rings (SSSR count). The minimum Gasteiger partial charge on any atom is -0.449 e. The molecule has 0 aliphatic heterocycles. The minimum atomic E-state index is -0.635. The molecule has 1 unspecified atom stereocenters. The topological polar surface area (TPSA) is 97.1 Å². The van der Waals surface area contributed by atoms with Gasteiger partial charge in [-0.2, -0.15) is 0 Å². The maximum absolute atomic E-state index is 12.5. The summed E-state index contributed by atoms with van der Waals surface area (Å²) in [5, 5.41) is 5.26. The average Bonchev–Trinajstić information content (AvgIpc) is 3.22. The molecule has 0 aliphatic rings. The molecule has 7 nitrogen and oxygen atoms in total. The van der Waals surface area contributed by atoms with Gasteiger partial charge in [-0.1, -0.05) is 19.9 Å². The molecular weight excluding hydrogens is 356 g/mol. The van der Waals surface area contributed by atoms with Crippen molar-refractivity contribution in [1.29, 1.82) is 0 Å². The standard InChI is InChI=1S/C21H22N4O3/c1-13(2)19(21(27)22-3)25-20(26)18-7-6-17(28-18)16-5-4-15(12-24-16)14-8-10-23-11-9-14/h4-13,19H,1-3H3,(H,22,27)(H,25,26). The van der Waals surface area contributed by atoms with E-state index in [2.05, 4.69) is 20.6 Å². The van der Waals surface area contributed by atoms with Crippen LogP contribution in [0.25, 0.3) is 22.6 Å². The Kier molecular flexibility index (Phi) is 5.84. The molecule has 144 valence electrons. The van der Waals surface area contributed by atoms with Gasteiger partial charge >= 0.3 is 0 Å². The zero-order chi connectivity index (χ0) is 20.1. The van der Waals surface area contributed by atoms with Gasteiger partial charge in [0.05, 0.1) is 0 Å². The van der Waals surface area contributed by atoms with Crippen LogP contribution in [-0.2, 0) is 4.79 Å². The number of likely N-dealkylation sites (N-methyl/N-ethyl adjacent to an activating group) is 1. The Bertz CT molecular complexity index is 949. The van der Waals surface area contributed by atoms with Crippen molar-refractivity contribution in [2.24, 2.45) is 5.92 Å². The van der Waals surface area contributed by atoms with E-state index < -0.39 is 11.9 Å². The molecule has 0 saturated heterocycles. The van der Waals surface area contributed by atoms with Gasteiger partial charge in [0.1, 0.15) is 11.7 Å². The van der Waals surface area contributed by atoms with Crippen molar-refractivity contribution < 1.29 is 14.0 Å². The quantitative estimate of drug-likeness (QED) is 0.687. The molecule has 0 fully saturated rings. The number of amides is 2. The molecular formula is C21H22N4O3. The molecule has 3 aromatic rings. The zero-order valence-corrected chi connectivity index (χ0v) is 16.0. The molecule has 3 aromatic heterocycles. The lowest BCUT2D eigenvalue weighted by Gasteiger charge is -2.19. The number of furan rings is 1. The summed E-state index contributed by atoms with van der Waals surface area (Å²) in [6, 6.07) is 10.2. The monoisotopic (exact) mass is 378 g/mol. The van der Waals surface area contributed by atoms with E-state index in [-0.39, 0.29) is 17.6 Å². The van der Waals surface area contributed by atoms with E-state index in [1.54, 1.807) is 30.7 Å². The van der Waals surface area contributed by atoms with Crippen molar-refractivity contribution in [2.75, 3.05) is 7.05 Å². The number of hydrogen-bond donors (Lipinski definition) is 2. The van der Waals surface area contributed by atoms with Crippen LogP contribution in [0, 0.1) is 5.92 Å². The highest BCUT2D eigenvalue weighted by molar-refractivity contribution is 5.96. The molecule has 2 amide bonds. The van der Waals surface area contributed by atoms with Gasteiger partial charge < -0.3 is 15.1 Å². The summed E-state index contributed by atoms with van der Waals surface area (Å²) in [7, 11) is 1.54. The van der Waals surface area contributed by atoms with Crippen LogP contribution in [0.4, 0.5) is 0 Å². The van der Waals surface area contributed by atoms with Gasteiger partial charge in [0, 0.05) is 31.2 Å². The fraction of sp³-hybridized carbons (Fsp3) is 0.238. The van der Waals surface area contributed by atoms with Crippen LogP contribution in [0.3, 0.4) is 0 Å². The van der Waals surface area contributed by atoms with E-state index in [4.69, 9.17) is 4.42 Å². The van der Waals surface area contributed by atoms with Crippen molar-refractivity contribution in [3.8, 4) is 22.6 Å². The first-order valence-electron chi connectivity index (χ1n) is 8.98. The second-order valence-electron chi connectivity index (χ2n) is 6.64. The fourth-order valence-electron chi connectivity index (χ4n) is 2.76. The van der Waals surface area contributed by atoms with E-state index >= 15 is 0 Å². The molecule has 0 radical (unpaired) electrons. The lowest BCUT2D eigenvalue weighted by atomic mass is 10.0. The first-order valence-corrected chi connectivity index (χ1v) is 8.98. The zero-order valence-electron chi connectivity index (χ0n) is 16.0.